The second-order valence-electron chi connectivity index (χ2n) is 6.99. The van der Waals surface area contributed by atoms with Gasteiger partial charge in [-0.15, -0.1) is 0 Å². The lowest BCUT2D eigenvalue weighted by atomic mass is 10.0. The summed E-state index contributed by atoms with van der Waals surface area (Å²) in [5.74, 6) is -0.368. The number of fused-ring (bicyclic) bond motifs is 1. The molecule has 2 amide bonds. The predicted octanol–water partition coefficient (Wildman–Crippen LogP) is 4.82. The van der Waals surface area contributed by atoms with E-state index < -0.39 is 0 Å². The van der Waals surface area contributed by atoms with Crippen LogP contribution in [0.3, 0.4) is 0 Å². The van der Waals surface area contributed by atoms with E-state index in [1.54, 1.807) is 24.5 Å². The SMILES string of the molecule is CC(=O)Nc1ccc(C(=O)Nc2cccc(-c3ncnc4ccccc34)c2)c(C)c1. The highest BCUT2D eigenvalue weighted by Crippen LogP contribution is 2.27. The third-order valence-electron chi connectivity index (χ3n) is 4.73. The summed E-state index contributed by atoms with van der Waals surface area (Å²) >= 11 is 0. The highest BCUT2D eigenvalue weighted by atomic mass is 16.2. The van der Waals surface area contributed by atoms with Crippen LogP contribution in [-0.2, 0) is 4.79 Å². The number of aryl methyl sites for hydroxylation is 1. The molecule has 6 heteroatoms. The van der Waals surface area contributed by atoms with Gasteiger partial charge in [-0.05, 0) is 48.9 Å². The average molecular weight is 396 g/mol. The summed E-state index contributed by atoms with van der Waals surface area (Å²) in [6.07, 6.45) is 1.54. The van der Waals surface area contributed by atoms with Crippen molar-refractivity contribution in [1.29, 1.82) is 0 Å². The topological polar surface area (TPSA) is 84.0 Å². The minimum atomic E-state index is -0.216. The van der Waals surface area contributed by atoms with Crippen LogP contribution < -0.4 is 10.6 Å². The second-order valence-corrected chi connectivity index (χ2v) is 6.99. The van der Waals surface area contributed by atoms with Crippen molar-refractivity contribution in [2.45, 2.75) is 13.8 Å². The standard InChI is InChI=1S/C24H20N4O2/c1-15-12-19(27-16(2)29)10-11-20(15)24(30)28-18-7-5-6-17(13-18)23-21-8-3-4-9-22(21)25-14-26-23/h3-14H,1-2H3,(H,27,29)(H,28,30). The molecule has 6 nitrogen and oxygen atoms in total. The molecule has 0 aliphatic heterocycles. The van der Waals surface area contributed by atoms with Crippen molar-refractivity contribution in [2.24, 2.45) is 0 Å². The summed E-state index contributed by atoms with van der Waals surface area (Å²) in [4.78, 5) is 32.8. The number of carbonyl (C=O) groups is 2. The van der Waals surface area contributed by atoms with Gasteiger partial charge in [0.15, 0.2) is 0 Å². The lowest BCUT2D eigenvalue weighted by Crippen LogP contribution is -2.14. The van der Waals surface area contributed by atoms with E-state index in [-0.39, 0.29) is 11.8 Å². The number of nitrogens with one attached hydrogen (secondary N) is 2. The zero-order valence-electron chi connectivity index (χ0n) is 16.6. The molecule has 0 unspecified atom stereocenters. The lowest BCUT2D eigenvalue weighted by Gasteiger charge is -2.11. The number of nitrogens with zero attached hydrogens (tertiary/aromatic N) is 2. The van der Waals surface area contributed by atoms with E-state index in [1.807, 2.05) is 55.5 Å². The first kappa shape index (κ1) is 19.3. The number of anilines is 2. The molecule has 0 atom stereocenters. The molecule has 148 valence electrons. The van der Waals surface area contributed by atoms with E-state index in [1.165, 1.54) is 6.92 Å². The van der Waals surface area contributed by atoms with Crippen LogP contribution in [0.15, 0.2) is 73.1 Å². The predicted molar refractivity (Wildman–Crippen MR) is 118 cm³/mol. The van der Waals surface area contributed by atoms with Crippen LogP contribution >= 0.6 is 0 Å². The molecule has 0 saturated heterocycles. The first-order valence-corrected chi connectivity index (χ1v) is 9.51. The number of hydrogen-bond donors (Lipinski definition) is 2. The summed E-state index contributed by atoms with van der Waals surface area (Å²) in [6.45, 7) is 3.29. The molecule has 0 aliphatic carbocycles. The Morgan fingerprint density at radius 3 is 2.43 bits per heavy atom. The Labute approximate surface area is 174 Å². The maximum atomic E-state index is 12.8. The molecule has 0 spiro atoms. The van der Waals surface area contributed by atoms with E-state index in [4.69, 9.17) is 0 Å². The molecular formula is C24H20N4O2. The second kappa shape index (κ2) is 8.13. The third kappa shape index (κ3) is 4.03. The molecule has 0 radical (unpaired) electrons. The number of hydrogen-bond acceptors (Lipinski definition) is 4. The quantitative estimate of drug-likeness (QED) is 0.518. The first-order valence-electron chi connectivity index (χ1n) is 9.51. The van der Waals surface area contributed by atoms with E-state index in [0.717, 1.165) is 27.7 Å². The summed E-state index contributed by atoms with van der Waals surface area (Å²) < 4.78 is 0. The Bertz CT molecular complexity index is 1260. The van der Waals surface area contributed by atoms with Crippen molar-refractivity contribution in [2.75, 3.05) is 10.6 Å². The molecule has 0 saturated carbocycles. The summed E-state index contributed by atoms with van der Waals surface area (Å²) in [6, 6.07) is 20.6. The van der Waals surface area contributed by atoms with Gasteiger partial charge in [-0.25, -0.2) is 9.97 Å². The molecular weight excluding hydrogens is 376 g/mol. The van der Waals surface area contributed by atoms with Crippen LogP contribution in [0.25, 0.3) is 22.2 Å². The number of carbonyl (C=O) groups excluding carboxylic acids is 2. The Hall–Kier alpha value is -4.06. The van der Waals surface area contributed by atoms with Crippen LogP contribution in [-0.4, -0.2) is 21.8 Å². The maximum absolute atomic E-state index is 12.8. The average Bonchev–Trinajstić information content (AvgIpc) is 2.73. The molecule has 0 bridgehead atoms. The fourth-order valence-electron chi connectivity index (χ4n) is 3.38. The summed E-state index contributed by atoms with van der Waals surface area (Å²) in [5, 5.41) is 6.62. The maximum Gasteiger partial charge on any atom is 0.255 e. The minimum Gasteiger partial charge on any atom is -0.326 e. The highest BCUT2D eigenvalue weighted by Gasteiger charge is 2.12. The summed E-state index contributed by atoms with van der Waals surface area (Å²) in [5.41, 5.74) is 5.22. The Balaban J connectivity index is 1.61. The number of benzene rings is 3. The molecule has 2 N–H and O–H groups in total. The fourth-order valence-corrected chi connectivity index (χ4v) is 3.38. The van der Waals surface area contributed by atoms with Crippen molar-refractivity contribution in [3.63, 3.8) is 0 Å². The zero-order valence-corrected chi connectivity index (χ0v) is 16.6. The van der Waals surface area contributed by atoms with Crippen LogP contribution in [0.1, 0.15) is 22.8 Å². The van der Waals surface area contributed by atoms with Gasteiger partial charge >= 0.3 is 0 Å². The minimum absolute atomic E-state index is 0.152. The van der Waals surface area contributed by atoms with Crippen molar-refractivity contribution < 1.29 is 9.59 Å². The number of para-hydroxylation sites is 1. The Morgan fingerprint density at radius 1 is 0.833 bits per heavy atom. The van der Waals surface area contributed by atoms with Gasteiger partial charge in [0.25, 0.3) is 5.91 Å². The van der Waals surface area contributed by atoms with Gasteiger partial charge in [0.2, 0.25) is 5.91 Å². The van der Waals surface area contributed by atoms with Crippen molar-refractivity contribution in [3.05, 3.63) is 84.2 Å². The highest BCUT2D eigenvalue weighted by molar-refractivity contribution is 6.06. The van der Waals surface area contributed by atoms with E-state index >= 15 is 0 Å². The molecule has 30 heavy (non-hydrogen) atoms. The van der Waals surface area contributed by atoms with Crippen molar-refractivity contribution in [1.82, 2.24) is 9.97 Å². The van der Waals surface area contributed by atoms with Crippen molar-refractivity contribution >= 4 is 34.1 Å². The van der Waals surface area contributed by atoms with Crippen LogP contribution in [0.5, 0.6) is 0 Å². The van der Waals surface area contributed by atoms with Gasteiger partial charge in [0, 0.05) is 34.8 Å². The molecule has 0 aliphatic rings. The zero-order chi connectivity index (χ0) is 21.1. The van der Waals surface area contributed by atoms with Gasteiger partial charge in [0.1, 0.15) is 6.33 Å². The lowest BCUT2D eigenvalue weighted by molar-refractivity contribution is -0.114. The number of amides is 2. The van der Waals surface area contributed by atoms with Gasteiger partial charge in [-0.3, -0.25) is 9.59 Å². The van der Waals surface area contributed by atoms with Gasteiger partial charge < -0.3 is 10.6 Å². The smallest absolute Gasteiger partial charge is 0.255 e. The number of rotatable bonds is 4. The largest absolute Gasteiger partial charge is 0.326 e. The fraction of sp³-hybridized carbons (Fsp3) is 0.0833. The molecule has 1 aromatic heterocycles. The number of aromatic nitrogens is 2. The third-order valence-corrected chi connectivity index (χ3v) is 4.73. The van der Waals surface area contributed by atoms with Crippen LogP contribution in [0.4, 0.5) is 11.4 Å². The van der Waals surface area contributed by atoms with Crippen LogP contribution in [0, 0.1) is 6.92 Å². The van der Waals surface area contributed by atoms with Gasteiger partial charge in [-0.2, -0.15) is 0 Å². The summed E-state index contributed by atoms with van der Waals surface area (Å²) in [7, 11) is 0. The normalized spacial score (nSPS) is 10.6. The molecule has 4 aromatic rings. The van der Waals surface area contributed by atoms with E-state index in [2.05, 4.69) is 20.6 Å². The molecule has 3 aromatic carbocycles. The molecule has 4 rings (SSSR count). The molecule has 1 heterocycles. The Kier molecular flexibility index (Phi) is 5.22. The monoisotopic (exact) mass is 396 g/mol. The van der Waals surface area contributed by atoms with Crippen LogP contribution in [0.2, 0.25) is 0 Å². The van der Waals surface area contributed by atoms with E-state index in [0.29, 0.717) is 16.9 Å². The first-order chi connectivity index (χ1) is 14.5. The van der Waals surface area contributed by atoms with Crippen molar-refractivity contribution in [3.8, 4) is 11.3 Å². The molecule has 0 fully saturated rings. The van der Waals surface area contributed by atoms with Gasteiger partial charge in [0.05, 0.1) is 11.2 Å². The van der Waals surface area contributed by atoms with Gasteiger partial charge in [-0.1, -0.05) is 30.3 Å². The van der Waals surface area contributed by atoms with E-state index in [9.17, 15) is 9.59 Å². The Morgan fingerprint density at radius 2 is 1.63 bits per heavy atom.